The molecule has 3 N–H and O–H groups in total. The van der Waals surface area contributed by atoms with Crippen molar-refractivity contribution in [3.63, 3.8) is 0 Å². The number of hydrogen-bond acceptors (Lipinski definition) is 4. The highest BCUT2D eigenvalue weighted by molar-refractivity contribution is 7.99. The number of hydrogen-bond donors (Lipinski definition) is 2. The summed E-state index contributed by atoms with van der Waals surface area (Å²) in [6.07, 6.45) is 0. The summed E-state index contributed by atoms with van der Waals surface area (Å²) < 4.78 is 5.14. The molecule has 0 aliphatic rings. The van der Waals surface area contributed by atoms with Crippen molar-refractivity contribution in [1.29, 1.82) is 0 Å². The highest BCUT2D eigenvalue weighted by atomic mass is 32.2. The maximum atomic E-state index is 12.4. The molecule has 0 bridgehead atoms. The molecular formula is C21H21N3O2S2. The van der Waals surface area contributed by atoms with Gasteiger partial charge in [-0.2, -0.15) is 0 Å². The van der Waals surface area contributed by atoms with E-state index in [1.807, 2.05) is 18.2 Å². The van der Waals surface area contributed by atoms with E-state index in [-0.39, 0.29) is 11.0 Å². The van der Waals surface area contributed by atoms with Crippen LogP contribution in [0.2, 0.25) is 0 Å². The molecule has 5 nitrogen and oxygen atoms in total. The normalized spacial score (nSPS) is 10.5. The second-order valence-corrected chi connectivity index (χ2v) is 7.44. The Morgan fingerprint density at radius 1 is 1.11 bits per heavy atom. The van der Waals surface area contributed by atoms with Gasteiger partial charge in [0.25, 0.3) is 0 Å². The van der Waals surface area contributed by atoms with Crippen LogP contribution in [-0.4, -0.2) is 23.9 Å². The molecule has 0 spiro atoms. The van der Waals surface area contributed by atoms with Gasteiger partial charge in [0.05, 0.1) is 18.6 Å². The number of methoxy groups -OCH3 is 1. The number of thioether (sulfide) groups is 1. The SMILES string of the molecule is COc1ccc(N(NC(=O)CSCc2cccc3ccccc23)C(N)=S)cc1. The smallest absolute Gasteiger partial charge is 0.248 e. The molecule has 0 aliphatic heterocycles. The number of nitrogens with zero attached hydrogens (tertiary/aromatic N) is 1. The molecule has 0 unspecified atom stereocenters. The summed E-state index contributed by atoms with van der Waals surface area (Å²) in [6, 6.07) is 21.6. The Morgan fingerprint density at radius 3 is 2.54 bits per heavy atom. The van der Waals surface area contributed by atoms with Crippen molar-refractivity contribution in [1.82, 2.24) is 5.43 Å². The number of benzene rings is 3. The molecule has 3 aromatic carbocycles. The first-order valence-electron chi connectivity index (χ1n) is 8.66. The van der Waals surface area contributed by atoms with Crippen LogP contribution >= 0.6 is 24.0 Å². The summed E-state index contributed by atoms with van der Waals surface area (Å²) in [6.45, 7) is 0. The van der Waals surface area contributed by atoms with Crippen molar-refractivity contribution in [3.05, 3.63) is 72.3 Å². The van der Waals surface area contributed by atoms with Gasteiger partial charge in [-0.1, -0.05) is 42.5 Å². The molecular weight excluding hydrogens is 390 g/mol. The zero-order chi connectivity index (χ0) is 19.9. The molecule has 0 saturated carbocycles. The summed E-state index contributed by atoms with van der Waals surface area (Å²) in [5.41, 5.74) is 10.4. The molecule has 0 atom stereocenters. The zero-order valence-electron chi connectivity index (χ0n) is 15.4. The lowest BCUT2D eigenvalue weighted by Crippen LogP contribution is -2.49. The second kappa shape index (κ2) is 9.43. The fourth-order valence-electron chi connectivity index (χ4n) is 2.81. The minimum absolute atomic E-state index is 0.0672. The third-order valence-electron chi connectivity index (χ3n) is 4.16. The fourth-order valence-corrected chi connectivity index (χ4v) is 3.78. The maximum absolute atomic E-state index is 12.4. The van der Waals surface area contributed by atoms with E-state index in [1.165, 1.54) is 21.3 Å². The summed E-state index contributed by atoms with van der Waals surface area (Å²) >= 11 is 6.61. The molecule has 1 amide bonds. The van der Waals surface area contributed by atoms with Gasteiger partial charge in [-0.15, -0.1) is 11.8 Å². The lowest BCUT2D eigenvalue weighted by molar-refractivity contribution is -0.118. The van der Waals surface area contributed by atoms with E-state index < -0.39 is 0 Å². The van der Waals surface area contributed by atoms with Gasteiger partial charge in [0.15, 0.2) is 5.11 Å². The van der Waals surface area contributed by atoms with Crippen LogP contribution in [0.5, 0.6) is 5.75 Å². The lowest BCUT2D eigenvalue weighted by atomic mass is 10.1. The van der Waals surface area contributed by atoms with Gasteiger partial charge in [0.2, 0.25) is 5.91 Å². The first-order valence-corrected chi connectivity index (χ1v) is 10.2. The fraction of sp³-hybridized carbons (Fsp3) is 0.143. The van der Waals surface area contributed by atoms with Crippen molar-refractivity contribution in [2.75, 3.05) is 17.9 Å². The third-order valence-corrected chi connectivity index (χ3v) is 5.32. The topological polar surface area (TPSA) is 67.6 Å². The van der Waals surface area contributed by atoms with Crippen molar-refractivity contribution in [2.45, 2.75) is 5.75 Å². The van der Waals surface area contributed by atoms with E-state index in [0.29, 0.717) is 17.2 Å². The first kappa shape index (κ1) is 20.0. The maximum Gasteiger partial charge on any atom is 0.248 e. The highest BCUT2D eigenvalue weighted by Gasteiger charge is 2.13. The van der Waals surface area contributed by atoms with E-state index in [9.17, 15) is 4.79 Å². The number of anilines is 1. The number of nitrogens with one attached hydrogen (secondary N) is 1. The summed E-state index contributed by atoms with van der Waals surface area (Å²) in [4.78, 5) is 12.4. The average Bonchev–Trinajstić information content (AvgIpc) is 2.72. The Labute approximate surface area is 173 Å². The third kappa shape index (κ3) is 4.94. The highest BCUT2D eigenvalue weighted by Crippen LogP contribution is 2.23. The largest absolute Gasteiger partial charge is 0.497 e. The Morgan fingerprint density at radius 2 is 1.82 bits per heavy atom. The minimum atomic E-state index is -0.172. The lowest BCUT2D eigenvalue weighted by Gasteiger charge is -2.23. The standard InChI is InChI=1S/C21H21N3O2S2/c1-26-18-11-9-17(10-12-18)24(21(22)27)23-20(25)14-28-13-16-7-4-6-15-5-2-3-8-19(15)16/h2-12H,13-14H2,1H3,(H2,22,27)(H,23,25). The van der Waals surface area contributed by atoms with Crippen LogP contribution in [0.4, 0.5) is 5.69 Å². The van der Waals surface area contributed by atoms with Crippen LogP contribution < -0.4 is 20.9 Å². The molecule has 0 fully saturated rings. The second-order valence-electron chi connectivity index (χ2n) is 6.04. The quantitative estimate of drug-likeness (QED) is 0.474. The summed E-state index contributed by atoms with van der Waals surface area (Å²) in [5.74, 6) is 1.57. The van der Waals surface area contributed by atoms with E-state index in [0.717, 1.165) is 5.75 Å². The van der Waals surface area contributed by atoms with E-state index >= 15 is 0 Å². The number of nitrogens with two attached hydrogens (primary N) is 1. The number of fused-ring (bicyclic) bond motifs is 1. The van der Waals surface area contributed by atoms with Crippen molar-refractivity contribution >= 4 is 51.5 Å². The molecule has 0 saturated heterocycles. The number of carbonyl (C=O) groups is 1. The van der Waals surface area contributed by atoms with Gasteiger partial charge in [-0.25, -0.2) is 5.01 Å². The first-order chi connectivity index (χ1) is 13.6. The molecule has 7 heteroatoms. The van der Waals surface area contributed by atoms with Crippen LogP contribution in [0.3, 0.4) is 0 Å². The molecule has 0 radical (unpaired) electrons. The van der Waals surface area contributed by atoms with Crippen molar-refractivity contribution < 1.29 is 9.53 Å². The molecule has 28 heavy (non-hydrogen) atoms. The Kier molecular flexibility index (Phi) is 6.73. The number of rotatable bonds is 6. The van der Waals surface area contributed by atoms with Crippen LogP contribution in [0, 0.1) is 0 Å². The van der Waals surface area contributed by atoms with Crippen LogP contribution in [-0.2, 0) is 10.5 Å². The number of thiocarbonyl (C=S) groups is 1. The molecule has 0 aromatic heterocycles. The molecule has 3 rings (SSSR count). The minimum Gasteiger partial charge on any atom is -0.497 e. The Hall–Kier alpha value is -2.77. The van der Waals surface area contributed by atoms with Gasteiger partial charge in [-0.3, -0.25) is 10.2 Å². The van der Waals surface area contributed by atoms with Crippen molar-refractivity contribution in [3.8, 4) is 5.75 Å². The number of hydrazine groups is 1. The molecule has 0 heterocycles. The molecule has 144 valence electrons. The van der Waals surface area contributed by atoms with E-state index in [4.69, 9.17) is 22.7 Å². The van der Waals surface area contributed by atoms with Gasteiger partial charge in [-0.05, 0) is 52.8 Å². The summed E-state index contributed by atoms with van der Waals surface area (Å²) in [7, 11) is 1.59. The molecule has 3 aromatic rings. The van der Waals surface area contributed by atoms with E-state index in [1.54, 1.807) is 43.1 Å². The van der Waals surface area contributed by atoms with Gasteiger partial charge < -0.3 is 10.5 Å². The average molecular weight is 412 g/mol. The monoisotopic (exact) mass is 411 g/mol. The van der Waals surface area contributed by atoms with Crippen LogP contribution in [0.15, 0.2) is 66.7 Å². The van der Waals surface area contributed by atoms with Crippen molar-refractivity contribution in [2.24, 2.45) is 5.73 Å². The predicted molar refractivity (Wildman–Crippen MR) is 121 cm³/mol. The zero-order valence-corrected chi connectivity index (χ0v) is 17.1. The van der Waals surface area contributed by atoms with Crippen LogP contribution in [0.1, 0.15) is 5.56 Å². The summed E-state index contributed by atoms with van der Waals surface area (Å²) in [5, 5.41) is 3.87. The van der Waals surface area contributed by atoms with Gasteiger partial charge in [0, 0.05) is 5.75 Å². The number of carbonyl (C=O) groups excluding carboxylic acids is 1. The van der Waals surface area contributed by atoms with Gasteiger partial charge in [0.1, 0.15) is 5.75 Å². The number of ether oxygens (including phenoxy) is 1. The van der Waals surface area contributed by atoms with Crippen LogP contribution in [0.25, 0.3) is 10.8 Å². The van der Waals surface area contributed by atoms with Gasteiger partial charge >= 0.3 is 0 Å². The Balaban J connectivity index is 1.59. The Bertz CT molecular complexity index is 972. The predicted octanol–water partition coefficient (Wildman–Crippen LogP) is 3.86. The number of amides is 1. The van der Waals surface area contributed by atoms with E-state index in [2.05, 4.69) is 29.7 Å². The molecule has 0 aliphatic carbocycles.